The lowest BCUT2D eigenvalue weighted by Gasteiger charge is -2.05. The maximum Gasteiger partial charge on any atom is 0.338 e. The monoisotopic (exact) mass is 447 g/mol. The van der Waals surface area contributed by atoms with E-state index in [-0.39, 0.29) is 22.5 Å². The predicted molar refractivity (Wildman–Crippen MR) is 111 cm³/mol. The summed E-state index contributed by atoms with van der Waals surface area (Å²) in [6.07, 6.45) is 0. The van der Waals surface area contributed by atoms with E-state index in [1.165, 1.54) is 17.8 Å². The number of esters is 1. The van der Waals surface area contributed by atoms with Crippen molar-refractivity contribution in [3.05, 3.63) is 47.3 Å². The van der Waals surface area contributed by atoms with Crippen LogP contribution in [-0.4, -0.2) is 45.5 Å². The minimum atomic E-state index is -0.455. The van der Waals surface area contributed by atoms with Gasteiger partial charge in [-0.3, -0.25) is 14.9 Å². The molecule has 3 rings (SSSR count). The molecular formula is C18H17N5O5S2. The first kappa shape index (κ1) is 21.5. The number of carbonyl (C=O) groups excluding carboxylic acids is 3. The number of aryl methyl sites for hydroxylation is 1. The van der Waals surface area contributed by atoms with Crippen molar-refractivity contribution in [1.82, 2.24) is 15.4 Å². The zero-order valence-corrected chi connectivity index (χ0v) is 17.6. The van der Waals surface area contributed by atoms with Gasteiger partial charge in [0.15, 0.2) is 10.0 Å². The highest BCUT2D eigenvalue weighted by Gasteiger charge is 2.15. The van der Waals surface area contributed by atoms with Crippen molar-refractivity contribution < 1.29 is 23.6 Å². The number of thioether (sulfide) groups is 1. The van der Waals surface area contributed by atoms with Gasteiger partial charge in [-0.15, -0.1) is 10.2 Å². The molecule has 2 N–H and O–H groups in total. The third-order valence-electron chi connectivity index (χ3n) is 3.49. The molecule has 1 aromatic carbocycles. The Morgan fingerprint density at radius 3 is 2.60 bits per heavy atom. The Labute approximate surface area is 179 Å². The number of anilines is 2. The van der Waals surface area contributed by atoms with Crippen LogP contribution in [0.1, 0.15) is 33.5 Å². The van der Waals surface area contributed by atoms with E-state index >= 15 is 0 Å². The first-order valence-corrected chi connectivity index (χ1v) is 10.5. The van der Waals surface area contributed by atoms with Crippen molar-refractivity contribution in [2.75, 3.05) is 23.0 Å². The molecule has 2 amide bonds. The van der Waals surface area contributed by atoms with Crippen LogP contribution in [0.25, 0.3) is 0 Å². The second-order valence-electron chi connectivity index (χ2n) is 5.78. The van der Waals surface area contributed by atoms with Gasteiger partial charge in [0.2, 0.25) is 11.0 Å². The molecule has 0 saturated heterocycles. The lowest BCUT2D eigenvalue weighted by molar-refractivity contribution is -0.113. The third-order valence-corrected chi connectivity index (χ3v) is 5.47. The van der Waals surface area contributed by atoms with Gasteiger partial charge >= 0.3 is 5.97 Å². The fourth-order valence-corrected chi connectivity index (χ4v) is 3.73. The summed E-state index contributed by atoms with van der Waals surface area (Å²) in [6, 6.07) is 7.92. The number of amides is 2. The maximum absolute atomic E-state index is 12.1. The average molecular weight is 447 g/mol. The summed E-state index contributed by atoms with van der Waals surface area (Å²) in [5, 5.41) is 17.0. The zero-order chi connectivity index (χ0) is 21.5. The highest BCUT2D eigenvalue weighted by Crippen LogP contribution is 2.26. The van der Waals surface area contributed by atoms with Crippen LogP contribution in [0.2, 0.25) is 0 Å². The van der Waals surface area contributed by atoms with Gasteiger partial charge in [0.05, 0.1) is 17.9 Å². The van der Waals surface area contributed by atoms with Gasteiger partial charge < -0.3 is 14.6 Å². The van der Waals surface area contributed by atoms with E-state index in [0.29, 0.717) is 28.0 Å². The van der Waals surface area contributed by atoms with Gasteiger partial charge in [-0.2, -0.15) is 0 Å². The average Bonchev–Trinajstić information content (AvgIpc) is 3.36. The summed E-state index contributed by atoms with van der Waals surface area (Å²) in [5.41, 5.74) is 1.11. The molecule has 2 aromatic heterocycles. The number of benzene rings is 1. The lowest BCUT2D eigenvalue weighted by Crippen LogP contribution is -2.14. The molecule has 0 radical (unpaired) electrons. The van der Waals surface area contributed by atoms with Gasteiger partial charge in [0.25, 0.3) is 5.91 Å². The van der Waals surface area contributed by atoms with Gasteiger partial charge in [-0.25, -0.2) is 4.79 Å². The first-order chi connectivity index (χ1) is 14.4. The lowest BCUT2D eigenvalue weighted by atomic mass is 10.2. The molecule has 0 aliphatic rings. The number of aromatic nitrogens is 3. The minimum Gasteiger partial charge on any atom is -0.462 e. The Balaban J connectivity index is 1.47. The summed E-state index contributed by atoms with van der Waals surface area (Å²) >= 11 is 2.32. The van der Waals surface area contributed by atoms with Crippen LogP contribution in [0.5, 0.6) is 0 Å². The molecule has 30 heavy (non-hydrogen) atoms. The van der Waals surface area contributed by atoms with E-state index in [4.69, 9.17) is 9.26 Å². The topological polar surface area (TPSA) is 136 Å². The van der Waals surface area contributed by atoms with E-state index in [0.717, 1.165) is 11.3 Å². The third kappa shape index (κ3) is 5.87. The summed E-state index contributed by atoms with van der Waals surface area (Å²) in [7, 11) is 0. The number of hydrogen-bond acceptors (Lipinski definition) is 10. The highest BCUT2D eigenvalue weighted by molar-refractivity contribution is 8.01. The molecule has 10 nitrogen and oxygen atoms in total. The Morgan fingerprint density at radius 1 is 1.17 bits per heavy atom. The Morgan fingerprint density at radius 2 is 1.93 bits per heavy atom. The van der Waals surface area contributed by atoms with E-state index < -0.39 is 11.9 Å². The summed E-state index contributed by atoms with van der Waals surface area (Å²) < 4.78 is 10.3. The molecule has 0 spiro atoms. The second-order valence-corrected chi connectivity index (χ2v) is 7.98. The largest absolute Gasteiger partial charge is 0.462 e. The Hall–Kier alpha value is -3.25. The van der Waals surface area contributed by atoms with Crippen LogP contribution in [0, 0.1) is 6.92 Å². The maximum atomic E-state index is 12.1. The molecule has 12 heteroatoms. The highest BCUT2D eigenvalue weighted by atomic mass is 32.2. The van der Waals surface area contributed by atoms with Crippen LogP contribution < -0.4 is 10.6 Å². The van der Waals surface area contributed by atoms with Gasteiger partial charge in [0.1, 0.15) is 5.76 Å². The fourth-order valence-electron chi connectivity index (χ4n) is 2.18. The van der Waals surface area contributed by atoms with Crippen LogP contribution in [0.3, 0.4) is 0 Å². The van der Waals surface area contributed by atoms with Crippen molar-refractivity contribution in [3.8, 4) is 0 Å². The second kappa shape index (κ2) is 9.98. The fraction of sp³-hybridized carbons (Fsp3) is 0.222. The number of ether oxygens (including phenoxy) is 1. The Bertz CT molecular complexity index is 1050. The molecule has 0 saturated carbocycles. The summed E-state index contributed by atoms with van der Waals surface area (Å²) in [5.74, 6) is -0.490. The van der Waals surface area contributed by atoms with Crippen LogP contribution in [-0.2, 0) is 9.53 Å². The number of carbonyl (C=O) groups is 3. The first-order valence-electron chi connectivity index (χ1n) is 8.72. The van der Waals surface area contributed by atoms with Gasteiger partial charge in [0, 0.05) is 11.8 Å². The van der Waals surface area contributed by atoms with Gasteiger partial charge in [-0.1, -0.05) is 28.3 Å². The van der Waals surface area contributed by atoms with Crippen LogP contribution in [0.15, 0.2) is 39.2 Å². The Kier molecular flexibility index (Phi) is 7.14. The van der Waals surface area contributed by atoms with E-state index in [1.807, 2.05) is 0 Å². The van der Waals surface area contributed by atoms with Crippen LogP contribution >= 0.6 is 23.1 Å². The van der Waals surface area contributed by atoms with E-state index in [2.05, 4.69) is 26.0 Å². The standard InChI is InChI=1S/C18H17N5O5S2/c1-3-27-16(26)11-4-6-12(7-5-11)19-14(24)9-29-18-22-21-17(30-18)20-15(25)13-8-10(2)28-23-13/h4-8H,3,9H2,1-2H3,(H,19,24)(H,20,21,25). The van der Waals surface area contributed by atoms with E-state index in [1.54, 1.807) is 38.1 Å². The normalized spacial score (nSPS) is 10.5. The quantitative estimate of drug-likeness (QED) is 0.303. The molecule has 0 atom stereocenters. The van der Waals surface area contributed by atoms with E-state index in [9.17, 15) is 14.4 Å². The number of nitrogens with zero attached hydrogens (tertiary/aromatic N) is 3. The minimum absolute atomic E-state index is 0.102. The number of rotatable bonds is 8. The SMILES string of the molecule is CCOC(=O)c1ccc(NC(=O)CSc2nnc(NC(=O)c3cc(C)on3)s2)cc1. The smallest absolute Gasteiger partial charge is 0.338 e. The molecule has 0 fully saturated rings. The zero-order valence-electron chi connectivity index (χ0n) is 16.0. The molecule has 3 aromatic rings. The van der Waals surface area contributed by atoms with Crippen molar-refractivity contribution in [1.29, 1.82) is 0 Å². The molecule has 156 valence electrons. The molecule has 0 aliphatic heterocycles. The van der Waals surface area contributed by atoms with Crippen LogP contribution in [0.4, 0.5) is 10.8 Å². The van der Waals surface area contributed by atoms with Crippen molar-refractivity contribution >= 4 is 51.7 Å². The molecule has 0 aliphatic carbocycles. The molecule has 2 heterocycles. The summed E-state index contributed by atoms with van der Waals surface area (Å²) in [6.45, 7) is 3.71. The molecular weight excluding hydrogens is 430 g/mol. The molecule has 0 unspecified atom stereocenters. The summed E-state index contributed by atoms with van der Waals surface area (Å²) in [4.78, 5) is 35.8. The van der Waals surface area contributed by atoms with Gasteiger partial charge in [-0.05, 0) is 38.1 Å². The predicted octanol–water partition coefficient (Wildman–Crippen LogP) is 2.99. The number of nitrogens with one attached hydrogen (secondary N) is 2. The number of hydrogen-bond donors (Lipinski definition) is 2. The van der Waals surface area contributed by atoms with Crippen molar-refractivity contribution in [3.63, 3.8) is 0 Å². The van der Waals surface area contributed by atoms with Crippen molar-refractivity contribution in [2.45, 2.75) is 18.2 Å². The van der Waals surface area contributed by atoms with Crippen molar-refractivity contribution in [2.24, 2.45) is 0 Å². The molecule has 0 bridgehead atoms.